The Balaban J connectivity index is 1.85. The summed E-state index contributed by atoms with van der Waals surface area (Å²) in [7, 11) is -1.12. The molecule has 1 amide bonds. The highest BCUT2D eigenvalue weighted by Crippen LogP contribution is 2.35. The Bertz CT molecular complexity index is 1040. The number of rotatable bonds is 10. The Morgan fingerprint density at radius 3 is 2.42 bits per heavy atom. The molecule has 2 aromatic rings. The molecule has 0 bridgehead atoms. The number of benzene rings is 2. The van der Waals surface area contributed by atoms with Crippen molar-refractivity contribution in [3.8, 4) is 11.5 Å². The number of nitrogens with zero attached hydrogens (tertiary/aromatic N) is 2. The summed E-state index contributed by atoms with van der Waals surface area (Å²) in [6, 6.07) is 11.3. The zero-order chi connectivity index (χ0) is 23.8. The minimum atomic E-state index is -4.06. The molecule has 0 aromatic heterocycles. The molecule has 1 aliphatic rings. The molecule has 0 spiro atoms. The number of hydrogen-bond acceptors (Lipinski definition) is 7. The molecule has 10 heteroatoms. The van der Waals surface area contributed by atoms with Gasteiger partial charge < -0.3 is 19.5 Å². The van der Waals surface area contributed by atoms with Crippen molar-refractivity contribution in [2.45, 2.75) is 11.8 Å². The summed E-state index contributed by atoms with van der Waals surface area (Å²) in [6.07, 6.45) is 0. The van der Waals surface area contributed by atoms with Crippen molar-refractivity contribution in [1.29, 1.82) is 0 Å². The highest BCUT2D eigenvalue weighted by Gasteiger charge is 2.30. The second kappa shape index (κ2) is 11.4. The Morgan fingerprint density at radius 2 is 1.79 bits per heavy atom. The zero-order valence-electron chi connectivity index (χ0n) is 19.2. The molecule has 0 saturated carbocycles. The Labute approximate surface area is 195 Å². The van der Waals surface area contributed by atoms with E-state index in [1.807, 2.05) is 6.92 Å². The number of aryl methyl sites for hydroxylation is 1. The highest BCUT2D eigenvalue weighted by molar-refractivity contribution is 7.92. The van der Waals surface area contributed by atoms with E-state index in [4.69, 9.17) is 14.2 Å². The molecule has 3 rings (SSSR count). The topological polar surface area (TPSA) is 97.4 Å². The van der Waals surface area contributed by atoms with E-state index in [0.29, 0.717) is 37.8 Å². The predicted molar refractivity (Wildman–Crippen MR) is 126 cm³/mol. The standard InChI is InChI=1S/C23H31N3O6S/c1-18-4-7-20(8-5-18)33(28,29)26(21-16-19(30-2)6-9-22(21)31-3)17-23(27)24-10-11-25-12-14-32-15-13-25/h4-9,16H,10-15,17H2,1-3H3,(H,24,27). The molecule has 0 atom stereocenters. The molecule has 1 N–H and O–H groups in total. The Hall–Kier alpha value is -2.82. The number of amides is 1. The SMILES string of the molecule is COc1ccc(OC)c(N(CC(=O)NCCN2CCOCC2)S(=O)(=O)c2ccc(C)cc2)c1. The van der Waals surface area contributed by atoms with E-state index < -0.39 is 22.5 Å². The summed E-state index contributed by atoms with van der Waals surface area (Å²) in [5, 5.41) is 2.83. The number of ether oxygens (including phenoxy) is 3. The van der Waals surface area contributed by atoms with Crippen molar-refractivity contribution in [3.63, 3.8) is 0 Å². The average Bonchev–Trinajstić information content (AvgIpc) is 2.83. The highest BCUT2D eigenvalue weighted by atomic mass is 32.2. The van der Waals surface area contributed by atoms with Gasteiger partial charge in [0.25, 0.3) is 10.0 Å². The number of carbonyl (C=O) groups is 1. The predicted octanol–water partition coefficient (Wildman–Crippen LogP) is 1.66. The van der Waals surface area contributed by atoms with Crippen LogP contribution in [0.5, 0.6) is 11.5 Å². The lowest BCUT2D eigenvalue weighted by molar-refractivity contribution is -0.119. The van der Waals surface area contributed by atoms with Crippen molar-refractivity contribution in [2.75, 3.05) is 64.5 Å². The van der Waals surface area contributed by atoms with E-state index in [2.05, 4.69) is 10.2 Å². The maximum atomic E-state index is 13.6. The number of anilines is 1. The van der Waals surface area contributed by atoms with Gasteiger partial charge in [-0.05, 0) is 31.2 Å². The maximum Gasteiger partial charge on any atom is 0.264 e. The van der Waals surface area contributed by atoms with Gasteiger partial charge in [0.1, 0.15) is 18.0 Å². The third-order valence-corrected chi connectivity index (χ3v) is 7.18. The molecule has 2 aromatic carbocycles. The fourth-order valence-electron chi connectivity index (χ4n) is 3.49. The number of methoxy groups -OCH3 is 2. The van der Waals surface area contributed by atoms with Crippen molar-refractivity contribution < 1.29 is 27.4 Å². The van der Waals surface area contributed by atoms with Crippen LogP contribution in [0.2, 0.25) is 0 Å². The first-order chi connectivity index (χ1) is 15.8. The molecular formula is C23H31N3O6S. The van der Waals surface area contributed by atoms with Gasteiger partial charge in [-0.15, -0.1) is 0 Å². The van der Waals surface area contributed by atoms with Crippen LogP contribution in [-0.2, 0) is 19.6 Å². The molecule has 33 heavy (non-hydrogen) atoms. The fourth-order valence-corrected chi connectivity index (χ4v) is 4.92. The summed E-state index contributed by atoms with van der Waals surface area (Å²) >= 11 is 0. The average molecular weight is 478 g/mol. The van der Waals surface area contributed by atoms with E-state index in [0.717, 1.165) is 23.0 Å². The number of hydrogen-bond donors (Lipinski definition) is 1. The number of carbonyl (C=O) groups excluding carboxylic acids is 1. The van der Waals surface area contributed by atoms with Crippen LogP contribution < -0.4 is 19.1 Å². The summed E-state index contributed by atoms with van der Waals surface area (Å²) in [5.74, 6) is 0.346. The summed E-state index contributed by atoms with van der Waals surface area (Å²) in [5.41, 5.74) is 1.15. The molecular weight excluding hydrogens is 446 g/mol. The third-order valence-electron chi connectivity index (χ3n) is 5.40. The molecule has 1 aliphatic heterocycles. The number of sulfonamides is 1. The lowest BCUT2D eigenvalue weighted by atomic mass is 10.2. The minimum absolute atomic E-state index is 0.0825. The smallest absolute Gasteiger partial charge is 0.264 e. The molecule has 9 nitrogen and oxygen atoms in total. The lowest BCUT2D eigenvalue weighted by Crippen LogP contribution is -2.45. The Morgan fingerprint density at radius 1 is 1.09 bits per heavy atom. The first kappa shape index (κ1) is 24.8. The molecule has 1 heterocycles. The van der Waals surface area contributed by atoms with Crippen LogP contribution in [0, 0.1) is 6.92 Å². The minimum Gasteiger partial charge on any atom is -0.497 e. The molecule has 0 unspecified atom stereocenters. The van der Waals surface area contributed by atoms with Gasteiger partial charge in [-0.3, -0.25) is 14.0 Å². The van der Waals surface area contributed by atoms with E-state index >= 15 is 0 Å². The van der Waals surface area contributed by atoms with Crippen molar-refractivity contribution in [1.82, 2.24) is 10.2 Å². The van der Waals surface area contributed by atoms with E-state index in [9.17, 15) is 13.2 Å². The first-order valence-corrected chi connectivity index (χ1v) is 12.2. The fraction of sp³-hybridized carbons (Fsp3) is 0.435. The molecule has 0 aliphatic carbocycles. The van der Waals surface area contributed by atoms with Crippen LogP contribution in [0.3, 0.4) is 0 Å². The van der Waals surface area contributed by atoms with Crippen LogP contribution in [0.1, 0.15) is 5.56 Å². The largest absolute Gasteiger partial charge is 0.497 e. The van der Waals surface area contributed by atoms with E-state index in [1.54, 1.807) is 30.3 Å². The van der Waals surface area contributed by atoms with Crippen molar-refractivity contribution in [3.05, 3.63) is 48.0 Å². The summed E-state index contributed by atoms with van der Waals surface area (Å²) in [6.45, 7) is 5.52. The first-order valence-electron chi connectivity index (χ1n) is 10.7. The van der Waals surface area contributed by atoms with Gasteiger partial charge in [-0.2, -0.15) is 0 Å². The maximum absolute atomic E-state index is 13.6. The van der Waals surface area contributed by atoms with E-state index in [-0.39, 0.29) is 10.6 Å². The van der Waals surface area contributed by atoms with Gasteiger partial charge in [-0.1, -0.05) is 17.7 Å². The molecule has 180 valence electrons. The van der Waals surface area contributed by atoms with Crippen LogP contribution >= 0.6 is 0 Å². The van der Waals surface area contributed by atoms with Gasteiger partial charge in [0.2, 0.25) is 5.91 Å². The second-order valence-electron chi connectivity index (χ2n) is 7.67. The van der Waals surface area contributed by atoms with Crippen LogP contribution in [0.15, 0.2) is 47.4 Å². The number of nitrogens with one attached hydrogen (secondary N) is 1. The molecule has 0 radical (unpaired) electrons. The normalized spacial score (nSPS) is 14.5. The lowest BCUT2D eigenvalue weighted by Gasteiger charge is -2.27. The van der Waals surface area contributed by atoms with Gasteiger partial charge >= 0.3 is 0 Å². The van der Waals surface area contributed by atoms with Gasteiger partial charge in [-0.25, -0.2) is 8.42 Å². The van der Waals surface area contributed by atoms with Crippen molar-refractivity contribution >= 4 is 21.6 Å². The molecule has 1 fully saturated rings. The van der Waals surface area contributed by atoms with Crippen LogP contribution in [-0.4, -0.2) is 79.4 Å². The third kappa shape index (κ3) is 6.37. The van der Waals surface area contributed by atoms with Gasteiger partial charge in [0.15, 0.2) is 0 Å². The second-order valence-corrected chi connectivity index (χ2v) is 9.53. The quantitative estimate of drug-likeness (QED) is 0.556. The Kier molecular flexibility index (Phi) is 8.54. The zero-order valence-corrected chi connectivity index (χ0v) is 20.1. The van der Waals surface area contributed by atoms with Gasteiger partial charge in [0, 0.05) is 32.2 Å². The summed E-state index contributed by atoms with van der Waals surface area (Å²) in [4.78, 5) is 15.1. The summed E-state index contributed by atoms with van der Waals surface area (Å²) < 4.78 is 44.3. The van der Waals surface area contributed by atoms with Crippen LogP contribution in [0.4, 0.5) is 5.69 Å². The number of morpholine rings is 1. The molecule has 1 saturated heterocycles. The monoisotopic (exact) mass is 477 g/mol. The van der Waals surface area contributed by atoms with Crippen molar-refractivity contribution in [2.24, 2.45) is 0 Å². The van der Waals surface area contributed by atoms with E-state index in [1.165, 1.54) is 26.4 Å². The van der Waals surface area contributed by atoms with Gasteiger partial charge in [0.05, 0.1) is 38.0 Å². The van der Waals surface area contributed by atoms with Crippen LogP contribution in [0.25, 0.3) is 0 Å².